The fourth-order valence-corrected chi connectivity index (χ4v) is 4.83. The van der Waals surface area contributed by atoms with Gasteiger partial charge in [0.25, 0.3) is 5.56 Å². The van der Waals surface area contributed by atoms with Gasteiger partial charge in [0.2, 0.25) is 0 Å². The molecular formula is C27H26Cl2N4O2. The van der Waals surface area contributed by atoms with Gasteiger partial charge in [0.05, 0.1) is 29.1 Å². The Morgan fingerprint density at radius 2 is 1.69 bits per heavy atom. The zero-order valence-corrected chi connectivity index (χ0v) is 21.2. The van der Waals surface area contributed by atoms with Crippen molar-refractivity contribution >= 4 is 34.1 Å². The van der Waals surface area contributed by atoms with Crippen molar-refractivity contribution in [1.82, 2.24) is 19.4 Å². The third kappa shape index (κ3) is 4.98. The van der Waals surface area contributed by atoms with Gasteiger partial charge in [0.15, 0.2) is 0 Å². The average Bonchev–Trinajstić information content (AvgIpc) is 2.85. The number of benzene rings is 2. The molecule has 2 aromatic heterocycles. The number of pyridine rings is 1. The van der Waals surface area contributed by atoms with Crippen molar-refractivity contribution in [1.29, 1.82) is 0 Å². The van der Waals surface area contributed by atoms with Crippen molar-refractivity contribution in [3.63, 3.8) is 0 Å². The molecule has 0 aliphatic carbocycles. The molecule has 1 aliphatic heterocycles. The first-order valence-corrected chi connectivity index (χ1v) is 12.3. The van der Waals surface area contributed by atoms with Gasteiger partial charge in [0, 0.05) is 41.8 Å². The summed E-state index contributed by atoms with van der Waals surface area (Å²) in [7, 11) is 0. The summed E-state index contributed by atoms with van der Waals surface area (Å²) in [5, 5.41) is 1.40. The number of ether oxygens (including phenoxy) is 1. The zero-order chi connectivity index (χ0) is 24.6. The topological polar surface area (TPSA) is 60.2 Å². The molecule has 180 valence electrons. The summed E-state index contributed by atoms with van der Waals surface area (Å²) >= 11 is 12.2. The normalized spacial score (nSPS) is 15.0. The van der Waals surface area contributed by atoms with E-state index in [0.29, 0.717) is 32.6 Å². The molecule has 0 atom stereocenters. The van der Waals surface area contributed by atoms with Crippen LogP contribution in [0.25, 0.3) is 28.1 Å². The second kappa shape index (κ2) is 9.70. The highest BCUT2D eigenvalue weighted by Gasteiger charge is 2.25. The van der Waals surface area contributed by atoms with Gasteiger partial charge >= 0.3 is 0 Å². The Hall–Kier alpha value is -2.77. The SMILES string of the molecule is CC(C)(CN1CCOCC1)c1ccc(-c2nc3ccc(Cl)cc3c(=O)n2-c2ccc(Cl)cn2)cc1. The molecule has 0 bridgehead atoms. The highest BCUT2D eigenvalue weighted by Crippen LogP contribution is 2.29. The summed E-state index contributed by atoms with van der Waals surface area (Å²) < 4.78 is 7.01. The van der Waals surface area contributed by atoms with Crippen LogP contribution in [0.5, 0.6) is 0 Å². The van der Waals surface area contributed by atoms with E-state index in [1.165, 1.54) is 16.3 Å². The summed E-state index contributed by atoms with van der Waals surface area (Å²) in [4.78, 5) is 25.3. The standard InChI is InChI=1S/C27H26Cl2N4O2/c1-27(2,17-32-11-13-35-14-12-32)19-5-3-18(4-6-19)25-31-23-9-7-20(28)15-22(23)26(34)33(25)24-10-8-21(29)16-30-24/h3-10,15-16H,11-14,17H2,1-2H3. The fraction of sp³-hybridized carbons (Fsp3) is 0.296. The van der Waals surface area contributed by atoms with E-state index >= 15 is 0 Å². The molecule has 35 heavy (non-hydrogen) atoms. The lowest BCUT2D eigenvalue weighted by atomic mass is 9.83. The van der Waals surface area contributed by atoms with Crippen molar-refractivity contribution < 1.29 is 4.74 Å². The summed E-state index contributed by atoms with van der Waals surface area (Å²) in [6, 6.07) is 16.8. The monoisotopic (exact) mass is 508 g/mol. The van der Waals surface area contributed by atoms with E-state index in [-0.39, 0.29) is 11.0 Å². The molecule has 6 nitrogen and oxygen atoms in total. The minimum atomic E-state index is -0.237. The molecule has 1 aliphatic rings. The first kappa shape index (κ1) is 23.9. The number of rotatable bonds is 5. The molecule has 1 fully saturated rings. The smallest absolute Gasteiger partial charge is 0.267 e. The third-order valence-corrected chi connectivity index (χ3v) is 6.88. The number of nitrogens with zero attached hydrogens (tertiary/aromatic N) is 4. The second-order valence-corrected chi connectivity index (χ2v) is 10.3. The lowest BCUT2D eigenvalue weighted by molar-refractivity contribution is 0.0295. The van der Waals surface area contributed by atoms with E-state index < -0.39 is 0 Å². The molecule has 0 amide bonds. The third-order valence-electron chi connectivity index (χ3n) is 6.42. The molecule has 0 radical (unpaired) electrons. The maximum atomic E-state index is 13.6. The van der Waals surface area contributed by atoms with Crippen LogP contribution in [0.2, 0.25) is 10.0 Å². The number of aromatic nitrogens is 3. The zero-order valence-electron chi connectivity index (χ0n) is 19.7. The molecule has 2 aromatic carbocycles. The molecule has 3 heterocycles. The molecule has 0 spiro atoms. The largest absolute Gasteiger partial charge is 0.379 e. The summed E-state index contributed by atoms with van der Waals surface area (Å²) in [6.45, 7) is 8.92. The Balaban J connectivity index is 1.58. The lowest BCUT2D eigenvalue weighted by Crippen LogP contribution is -2.43. The van der Waals surface area contributed by atoms with Crippen LogP contribution in [-0.2, 0) is 10.2 Å². The Kier molecular flexibility index (Phi) is 6.64. The minimum Gasteiger partial charge on any atom is -0.379 e. The van der Waals surface area contributed by atoms with Crippen LogP contribution >= 0.6 is 23.2 Å². The maximum Gasteiger partial charge on any atom is 0.267 e. The average molecular weight is 509 g/mol. The van der Waals surface area contributed by atoms with Crippen LogP contribution in [0.4, 0.5) is 0 Å². The summed E-state index contributed by atoms with van der Waals surface area (Å²) in [5.41, 5.74) is 2.34. The van der Waals surface area contributed by atoms with Crippen LogP contribution in [0.1, 0.15) is 19.4 Å². The van der Waals surface area contributed by atoms with Crippen molar-refractivity contribution in [2.45, 2.75) is 19.3 Å². The quantitative estimate of drug-likeness (QED) is 0.362. The number of hydrogen-bond donors (Lipinski definition) is 0. The molecule has 8 heteroatoms. The van der Waals surface area contributed by atoms with Gasteiger partial charge in [-0.2, -0.15) is 0 Å². The van der Waals surface area contributed by atoms with Gasteiger partial charge in [-0.1, -0.05) is 61.3 Å². The molecule has 0 saturated carbocycles. The van der Waals surface area contributed by atoms with Crippen LogP contribution in [0.3, 0.4) is 0 Å². The van der Waals surface area contributed by atoms with Crippen molar-refractivity contribution in [2.24, 2.45) is 0 Å². The number of hydrogen-bond acceptors (Lipinski definition) is 5. The van der Waals surface area contributed by atoms with Gasteiger partial charge in [-0.25, -0.2) is 14.5 Å². The summed E-state index contributed by atoms with van der Waals surface area (Å²) in [6.07, 6.45) is 1.52. The minimum absolute atomic E-state index is 0.0408. The van der Waals surface area contributed by atoms with Crippen LogP contribution in [-0.4, -0.2) is 52.3 Å². The van der Waals surface area contributed by atoms with E-state index in [9.17, 15) is 4.79 Å². The van der Waals surface area contributed by atoms with Gasteiger partial charge in [-0.15, -0.1) is 0 Å². The molecule has 1 saturated heterocycles. The van der Waals surface area contributed by atoms with E-state index in [0.717, 1.165) is 38.4 Å². The van der Waals surface area contributed by atoms with Crippen molar-refractivity contribution in [3.05, 3.63) is 86.8 Å². The van der Waals surface area contributed by atoms with Gasteiger partial charge in [-0.3, -0.25) is 9.69 Å². The van der Waals surface area contributed by atoms with E-state index in [4.69, 9.17) is 32.9 Å². The Labute approximate surface area is 214 Å². The number of morpholine rings is 1. The molecule has 0 N–H and O–H groups in total. The van der Waals surface area contributed by atoms with Gasteiger partial charge in [0.1, 0.15) is 11.6 Å². The number of halogens is 2. The molecule has 5 rings (SSSR count). The van der Waals surface area contributed by atoms with Crippen molar-refractivity contribution in [3.8, 4) is 17.2 Å². The molecule has 0 unspecified atom stereocenters. The Morgan fingerprint density at radius 3 is 2.37 bits per heavy atom. The first-order valence-electron chi connectivity index (χ1n) is 11.6. The molecule has 4 aromatic rings. The Bertz CT molecular complexity index is 1410. The predicted molar refractivity (Wildman–Crippen MR) is 141 cm³/mol. The van der Waals surface area contributed by atoms with E-state index in [1.54, 1.807) is 30.3 Å². The Morgan fingerprint density at radius 1 is 0.971 bits per heavy atom. The second-order valence-electron chi connectivity index (χ2n) is 9.42. The van der Waals surface area contributed by atoms with Gasteiger partial charge < -0.3 is 4.74 Å². The van der Waals surface area contributed by atoms with Crippen molar-refractivity contribution in [2.75, 3.05) is 32.8 Å². The predicted octanol–water partition coefficient (Wildman–Crippen LogP) is 5.36. The van der Waals surface area contributed by atoms with E-state index in [1.807, 2.05) is 12.1 Å². The van der Waals surface area contributed by atoms with E-state index in [2.05, 4.69) is 35.9 Å². The lowest BCUT2D eigenvalue weighted by Gasteiger charge is -2.35. The first-order chi connectivity index (χ1) is 16.8. The molecular weight excluding hydrogens is 483 g/mol. The number of fused-ring (bicyclic) bond motifs is 1. The highest BCUT2D eigenvalue weighted by molar-refractivity contribution is 6.31. The fourth-order valence-electron chi connectivity index (χ4n) is 4.54. The maximum absolute atomic E-state index is 13.6. The van der Waals surface area contributed by atoms with Crippen LogP contribution in [0, 0.1) is 0 Å². The van der Waals surface area contributed by atoms with Crippen LogP contribution < -0.4 is 5.56 Å². The highest BCUT2D eigenvalue weighted by atomic mass is 35.5. The van der Waals surface area contributed by atoms with Gasteiger partial charge in [-0.05, 0) is 35.9 Å². The van der Waals surface area contributed by atoms with Crippen LogP contribution in [0.15, 0.2) is 65.6 Å². The summed E-state index contributed by atoms with van der Waals surface area (Å²) in [5.74, 6) is 0.956.